The maximum absolute atomic E-state index is 12.2. The Morgan fingerprint density at radius 1 is 0.857 bits per heavy atom. The molecule has 84 valence electrons. The molecule has 0 aromatic heterocycles. The van der Waals surface area contributed by atoms with E-state index in [0.717, 1.165) is 0 Å². The Balaban J connectivity index is 5.21. The Morgan fingerprint density at radius 2 is 1.21 bits per heavy atom. The van der Waals surface area contributed by atoms with Gasteiger partial charge in [0.05, 0.1) is 0 Å². The third-order valence-electron chi connectivity index (χ3n) is 1.01. The Labute approximate surface area is 83.3 Å². The van der Waals surface area contributed by atoms with Crippen LogP contribution in [0.25, 0.3) is 0 Å². The summed E-state index contributed by atoms with van der Waals surface area (Å²) in [5.74, 6) is -5.10. The van der Waals surface area contributed by atoms with Crippen LogP contribution < -0.4 is 0 Å². The maximum atomic E-state index is 12.2. The molecule has 0 aromatic rings. The molecule has 0 atom stereocenters. The second-order valence-electron chi connectivity index (χ2n) is 2.05. The molecule has 0 rings (SSSR count). The summed E-state index contributed by atoms with van der Waals surface area (Å²) in [5.41, 5.74) is 0. The highest BCUT2D eigenvalue weighted by atomic mass is 35.5. The molecule has 0 aliphatic heterocycles. The Morgan fingerprint density at radius 3 is 1.43 bits per heavy atom. The van der Waals surface area contributed by atoms with E-state index >= 15 is 0 Å². The molecule has 0 heterocycles. The third-order valence-corrected chi connectivity index (χ3v) is 1.95. The average molecular weight is 265 g/mol. The zero-order valence-electron chi connectivity index (χ0n) is 5.98. The van der Waals surface area contributed by atoms with Crippen LogP contribution in [0.3, 0.4) is 0 Å². The smallest absolute Gasteiger partial charge is 0.203 e. The van der Waals surface area contributed by atoms with Crippen molar-refractivity contribution in [1.29, 1.82) is 0 Å². The molecule has 0 saturated heterocycles. The first-order valence-corrected chi connectivity index (χ1v) is 3.55. The van der Waals surface area contributed by atoms with E-state index in [1.54, 1.807) is 0 Å². The monoisotopic (exact) mass is 264 g/mol. The van der Waals surface area contributed by atoms with Crippen molar-refractivity contribution in [2.24, 2.45) is 0 Å². The first-order chi connectivity index (χ1) is 6.01. The van der Waals surface area contributed by atoms with Gasteiger partial charge in [-0.25, -0.2) is 8.78 Å². The lowest BCUT2D eigenvalue weighted by molar-refractivity contribution is -0.107. The van der Waals surface area contributed by atoms with E-state index < -0.39 is 28.6 Å². The summed E-state index contributed by atoms with van der Waals surface area (Å²) in [6, 6.07) is 0. The van der Waals surface area contributed by atoms with Gasteiger partial charge in [0, 0.05) is 0 Å². The molecule has 14 heavy (non-hydrogen) atoms. The van der Waals surface area contributed by atoms with Crippen LogP contribution >= 0.6 is 23.2 Å². The van der Waals surface area contributed by atoms with Gasteiger partial charge in [-0.2, -0.15) is 22.0 Å². The van der Waals surface area contributed by atoms with Crippen LogP contribution in [0.4, 0.5) is 30.7 Å². The summed E-state index contributed by atoms with van der Waals surface area (Å²) in [4.78, 5) is 0. The first kappa shape index (κ1) is 13.8. The largest absolute Gasteiger partial charge is 0.428 e. The van der Waals surface area contributed by atoms with Gasteiger partial charge in [-0.3, -0.25) is 0 Å². The van der Waals surface area contributed by atoms with E-state index in [1.165, 1.54) is 0 Å². The second-order valence-corrected chi connectivity index (χ2v) is 2.81. The van der Waals surface area contributed by atoms with E-state index in [1.807, 2.05) is 0 Å². The van der Waals surface area contributed by atoms with E-state index in [4.69, 9.17) is 0 Å². The standard InChI is InChI=1S/C5HCl2F7/c6-1(2(7)5(12,13)14)4(10,11)3(8)9/h3H/b2-1+. The van der Waals surface area contributed by atoms with Crippen molar-refractivity contribution < 1.29 is 30.7 Å². The van der Waals surface area contributed by atoms with E-state index in [9.17, 15) is 30.7 Å². The van der Waals surface area contributed by atoms with Gasteiger partial charge in [-0.15, -0.1) is 0 Å². The molecule has 0 spiro atoms. The molecule has 0 aliphatic rings. The molecule has 0 aliphatic carbocycles. The molecule has 0 N–H and O–H groups in total. The lowest BCUT2D eigenvalue weighted by Crippen LogP contribution is -2.29. The van der Waals surface area contributed by atoms with Crippen molar-refractivity contribution in [1.82, 2.24) is 0 Å². The summed E-state index contributed by atoms with van der Waals surface area (Å²) < 4.78 is 82.3. The minimum Gasteiger partial charge on any atom is -0.203 e. The molecule has 0 nitrogen and oxygen atoms in total. The summed E-state index contributed by atoms with van der Waals surface area (Å²) in [6.07, 6.45) is -9.73. The van der Waals surface area contributed by atoms with Gasteiger partial charge >= 0.3 is 18.5 Å². The number of hydrogen-bond acceptors (Lipinski definition) is 0. The van der Waals surface area contributed by atoms with Crippen LogP contribution in [-0.2, 0) is 0 Å². The van der Waals surface area contributed by atoms with Crippen LogP contribution in [0.5, 0.6) is 0 Å². The molecule has 0 aromatic carbocycles. The van der Waals surface area contributed by atoms with Gasteiger partial charge in [0.2, 0.25) is 0 Å². The predicted octanol–water partition coefficient (Wildman–Crippen LogP) is 4.14. The van der Waals surface area contributed by atoms with Crippen molar-refractivity contribution in [3.8, 4) is 0 Å². The van der Waals surface area contributed by atoms with E-state index in [2.05, 4.69) is 23.2 Å². The molecule has 0 fully saturated rings. The van der Waals surface area contributed by atoms with Gasteiger partial charge in [-0.05, 0) is 0 Å². The summed E-state index contributed by atoms with van der Waals surface area (Å²) in [6.45, 7) is 0. The van der Waals surface area contributed by atoms with Crippen molar-refractivity contribution in [2.75, 3.05) is 0 Å². The highest BCUT2D eigenvalue weighted by molar-refractivity contribution is 6.40. The SMILES string of the molecule is FC(F)C(F)(F)/C(Cl)=C(\Cl)C(F)(F)F. The van der Waals surface area contributed by atoms with Crippen molar-refractivity contribution in [3.05, 3.63) is 10.1 Å². The molecule has 0 radical (unpaired) electrons. The van der Waals surface area contributed by atoms with E-state index in [0.29, 0.717) is 0 Å². The zero-order valence-corrected chi connectivity index (χ0v) is 7.49. The number of hydrogen-bond donors (Lipinski definition) is 0. The normalized spacial score (nSPS) is 15.9. The summed E-state index contributed by atoms with van der Waals surface area (Å²) >= 11 is 8.75. The minimum atomic E-state index is -5.38. The van der Waals surface area contributed by atoms with E-state index in [-0.39, 0.29) is 0 Å². The molecule has 0 unspecified atom stereocenters. The fourth-order valence-electron chi connectivity index (χ4n) is 0.367. The molecular formula is C5HCl2F7. The average Bonchev–Trinajstić information content (AvgIpc) is 1.99. The lowest BCUT2D eigenvalue weighted by Gasteiger charge is -2.16. The maximum Gasteiger partial charge on any atom is 0.428 e. The van der Waals surface area contributed by atoms with Crippen LogP contribution in [0.15, 0.2) is 10.1 Å². The Kier molecular flexibility index (Phi) is 4.09. The molecule has 0 bridgehead atoms. The minimum absolute atomic E-state index is 2.42. The van der Waals surface area contributed by atoms with Crippen molar-refractivity contribution in [3.63, 3.8) is 0 Å². The lowest BCUT2D eigenvalue weighted by atomic mass is 10.3. The second kappa shape index (κ2) is 4.14. The fourth-order valence-corrected chi connectivity index (χ4v) is 0.682. The Hall–Kier alpha value is -0.170. The van der Waals surface area contributed by atoms with Crippen LogP contribution in [0, 0.1) is 0 Å². The van der Waals surface area contributed by atoms with Crippen LogP contribution in [0.2, 0.25) is 0 Å². The fraction of sp³-hybridized carbons (Fsp3) is 0.600. The zero-order chi connectivity index (χ0) is 11.7. The predicted molar refractivity (Wildman–Crippen MR) is 35.7 cm³/mol. The highest BCUT2D eigenvalue weighted by Gasteiger charge is 2.50. The molecular weight excluding hydrogens is 264 g/mol. The van der Waals surface area contributed by atoms with Gasteiger partial charge in [0.25, 0.3) is 0 Å². The number of halogens is 9. The van der Waals surface area contributed by atoms with Crippen molar-refractivity contribution >= 4 is 23.2 Å². The van der Waals surface area contributed by atoms with Crippen LogP contribution in [-0.4, -0.2) is 18.5 Å². The quantitative estimate of drug-likeness (QED) is 0.658. The highest BCUT2D eigenvalue weighted by Crippen LogP contribution is 2.42. The van der Waals surface area contributed by atoms with Gasteiger partial charge < -0.3 is 0 Å². The van der Waals surface area contributed by atoms with Crippen molar-refractivity contribution in [2.45, 2.75) is 18.5 Å². The topological polar surface area (TPSA) is 0 Å². The van der Waals surface area contributed by atoms with Gasteiger partial charge in [-0.1, -0.05) is 23.2 Å². The molecule has 0 amide bonds. The number of rotatable bonds is 2. The summed E-state index contributed by atoms with van der Waals surface area (Å²) in [5, 5.41) is -4.87. The third kappa shape index (κ3) is 2.91. The molecule has 0 saturated carbocycles. The first-order valence-electron chi connectivity index (χ1n) is 2.80. The van der Waals surface area contributed by atoms with Crippen LogP contribution in [0.1, 0.15) is 0 Å². The Bertz CT molecular complexity index is 241. The van der Waals surface area contributed by atoms with Gasteiger partial charge in [0.1, 0.15) is 10.1 Å². The molecule has 9 heteroatoms. The number of allylic oxidation sites excluding steroid dienone is 2. The summed E-state index contributed by atoms with van der Waals surface area (Å²) in [7, 11) is 0. The number of alkyl halides is 7. The van der Waals surface area contributed by atoms with Gasteiger partial charge in [0.15, 0.2) is 0 Å².